The Bertz CT molecular complexity index is 1000. The summed E-state index contributed by atoms with van der Waals surface area (Å²) in [5, 5.41) is 20.0. The van der Waals surface area contributed by atoms with Crippen molar-refractivity contribution < 1.29 is 14.6 Å². The Morgan fingerprint density at radius 3 is 2.72 bits per heavy atom. The van der Waals surface area contributed by atoms with Gasteiger partial charge in [-0.1, -0.05) is 32.9 Å². The van der Waals surface area contributed by atoms with Crippen molar-refractivity contribution in [1.29, 1.82) is 5.26 Å². The van der Waals surface area contributed by atoms with Gasteiger partial charge in [0.2, 0.25) is 0 Å². The third-order valence-electron chi connectivity index (χ3n) is 6.70. The molecule has 1 fully saturated rings. The van der Waals surface area contributed by atoms with Crippen LogP contribution in [-0.2, 0) is 13.0 Å². The Balaban J connectivity index is 1.53. The molecule has 4 rings (SSSR count). The number of methoxy groups -OCH3 is 1. The van der Waals surface area contributed by atoms with Crippen LogP contribution in [0.3, 0.4) is 0 Å². The molecule has 2 heterocycles. The van der Waals surface area contributed by atoms with Gasteiger partial charge in [-0.15, -0.1) is 0 Å². The molecule has 2 aromatic rings. The molecule has 5 heteroatoms. The fourth-order valence-electron chi connectivity index (χ4n) is 5.25. The lowest BCUT2D eigenvalue weighted by Gasteiger charge is -2.47. The summed E-state index contributed by atoms with van der Waals surface area (Å²) in [6, 6.07) is 14.1. The van der Waals surface area contributed by atoms with Gasteiger partial charge in [0.25, 0.3) is 0 Å². The molecule has 2 aliphatic heterocycles. The summed E-state index contributed by atoms with van der Waals surface area (Å²) in [5.41, 5.74) is 4.32. The average molecular weight is 435 g/mol. The number of benzene rings is 2. The van der Waals surface area contributed by atoms with E-state index in [-0.39, 0.29) is 17.6 Å². The first-order valence-corrected chi connectivity index (χ1v) is 11.5. The maximum atomic E-state index is 10.9. The summed E-state index contributed by atoms with van der Waals surface area (Å²) in [7, 11) is 1.67. The van der Waals surface area contributed by atoms with Crippen molar-refractivity contribution in [3.05, 3.63) is 58.7 Å². The molecule has 0 aliphatic carbocycles. The molecule has 0 spiro atoms. The molecule has 0 radical (unpaired) electrons. The first-order chi connectivity index (χ1) is 15.3. The molecule has 3 atom stereocenters. The molecule has 170 valence electrons. The van der Waals surface area contributed by atoms with Gasteiger partial charge in [0.1, 0.15) is 6.61 Å². The van der Waals surface area contributed by atoms with Crippen LogP contribution >= 0.6 is 0 Å². The SMILES string of the molecule is COc1cc2c(cc1OCc1cccc(C#N)c1)CCN1C[C@@H](CC(C)(C)C)[C@H](O)C[C@H]21. The van der Waals surface area contributed by atoms with E-state index in [1.807, 2.05) is 18.2 Å². The van der Waals surface area contributed by atoms with Crippen molar-refractivity contribution in [2.45, 2.75) is 58.8 Å². The van der Waals surface area contributed by atoms with E-state index in [4.69, 9.17) is 14.7 Å². The van der Waals surface area contributed by atoms with Crippen molar-refractivity contribution in [1.82, 2.24) is 4.90 Å². The molecule has 0 aromatic heterocycles. The maximum absolute atomic E-state index is 10.9. The zero-order valence-corrected chi connectivity index (χ0v) is 19.6. The normalized spacial score (nSPS) is 23.1. The van der Waals surface area contributed by atoms with Crippen molar-refractivity contribution >= 4 is 0 Å². The topological polar surface area (TPSA) is 65.7 Å². The van der Waals surface area contributed by atoms with Crippen molar-refractivity contribution in [3.63, 3.8) is 0 Å². The second-order valence-corrected chi connectivity index (χ2v) is 10.4. The maximum Gasteiger partial charge on any atom is 0.161 e. The summed E-state index contributed by atoms with van der Waals surface area (Å²) in [4.78, 5) is 2.54. The highest BCUT2D eigenvalue weighted by Crippen LogP contribution is 2.44. The first kappa shape index (κ1) is 22.6. The minimum atomic E-state index is -0.282. The Morgan fingerprint density at radius 1 is 1.19 bits per heavy atom. The lowest BCUT2D eigenvalue weighted by molar-refractivity contribution is -0.0259. The Labute approximate surface area is 191 Å². The third-order valence-corrected chi connectivity index (χ3v) is 6.70. The number of rotatable bonds is 5. The predicted molar refractivity (Wildman–Crippen MR) is 125 cm³/mol. The number of nitrogens with zero attached hydrogens (tertiary/aromatic N) is 2. The van der Waals surface area contributed by atoms with Crippen LogP contribution in [0.1, 0.15) is 61.9 Å². The van der Waals surface area contributed by atoms with Crippen LogP contribution in [0.25, 0.3) is 0 Å². The number of piperidine rings is 1. The van der Waals surface area contributed by atoms with Gasteiger partial charge >= 0.3 is 0 Å². The lowest BCUT2D eigenvalue weighted by Crippen LogP contribution is -2.48. The van der Waals surface area contributed by atoms with E-state index in [2.05, 4.69) is 43.9 Å². The minimum absolute atomic E-state index is 0.217. The second kappa shape index (κ2) is 9.13. The third kappa shape index (κ3) is 4.92. The number of hydrogen-bond donors (Lipinski definition) is 1. The van der Waals surface area contributed by atoms with Crippen molar-refractivity contribution in [2.75, 3.05) is 20.2 Å². The Hall–Kier alpha value is -2.55. The van der Waals surface area contributed by atoms with E-state index >= 15 is 0 Å². The number of nitriles is 1. The predicted octanol–water partition coefficient (Wildman–Crippen LogP) is 4.86. The van der Waals surface area contributed by atoms with Gasteiger partial charge in [-0.05, 0) is 71.6 Å². The van der Waals surface area contributed by atoms with Crippen molar-refractivity contribution in [3.8, 4) is 17.6 Å². The number of aliphatic hydroxyl groups excluding tert-OH is 1. The molecule has 0 saturated carbocycles. The molecule has 1 N–H and O–H groups in total. The largest absolute Gasteiger partial charge is 0.493 e. The van der Waals surface area contributed by atoms with Crippen LogP contribution in [0, 0.1) is 22.7 Å². The summed E-state index contributed by atoms with van der Waals surface area (Å²) >= 11 is 0. The van der Waals surface area contributed by atoms with Crippen LogP contribution in [0.15, 0.2) is 36.4 Å². The molecule has 0 amide bonds. The van der Waals surface area contributed by atoms with Gasteiger partial charge in [-0.25, -0.2) is 0 Å². The summed E-state index contributed by atoms with van der Waals surface area (Å²) < 4.78 is 11.8. The minimum Gasteiger partial charge on any atom is -0.493 e. The summed E-state index contributed by atoms with van der Waals surface area (Å²) in [5.74, 6) is 1.76. The molecular weight excluding hydrogens is 400 g/mol. The fourth-order valence-corrected chi connectivity index (χ4v) is 5.25. The number of aliphatic hydroxyl groups is 1. The lowest BCUT2D eigenvalue weighted by atomic mass is 9.75. The quantitative estimate of drug-likeness (QED) is 0.728. The average Bonchev–Trinajstić information content (AvgIpc) is 2.76. The van der Waals surface area contributed by atoms with Gasteiger partial charge in [0.05, 0.1) is 24.8 Å². The van der Waals surface area contributed by atoms with E-state index in [1.165, 1.54) is 11.1 Å². The Morgan fingerprint density at radius 2 is 2.00 bits per heavy atom. The second-order valence-electron chi connectivity index (χ2n) is 10.4. The van der Waals surface area contributed by atoms with Crippen molar-refractivity contribution in [2.24, 2.45) is 11.3 Å². The van der Waals surface area contributed by atoms with Crippen LogP contribution in [0.2, 0.25) is 0 Å². The Kier molecular flexibility index (Phi) is 6.46. The molecule has 32 heavy (non-hydrogen) atoms. The highest BCUT2D eigenvalue weighted by Gasteiger charge is 2.39. The summed E-state index contributed by atoms with van der Waals surface area (Å²) in [6.07, 6.45) is 2.48. The number of hydrogen-bond acceptors (Lipinski definition) is 5. The van der Waals surface area contributed by atoms with E-state index in [0.29, 0.717) is 23.8 Å². The van der Waals surface area contributed by atoms with Gasteiger partial charge in [-0.2, -0.15) is 5.26 Å². The highest BCUT2D eigenvalue weighted by atomic mass is 16.5. The van der Waals surface area contributed by atoms with Crippen LogP contribution < -0.4 is 9.47 Å². The van der Waals surface area contributed by atoms with Gasteiger partial charge < -0.3 is 14.6 Å². The molecule has 2 aromatic carbocycles. The smallest absolute Gasteiger partial charge is 0.161 e. The summed E-state index contributed by atoms with van der Waals surface area (Å²) in [6.45, 7) is 9.08. The molecule has 2 aliphatic rings. The molecular formula is C27H34N2O3. The molecule has 0 bridgehead atoms. The zero-order chi connectivity index (χ0) is 22.9. The molecule has 1 saturated heterocycles. The zero-order valence-electron chi connectivity index (χ0n) is 19.6. The van der Waals surface area contributed by atoms with E-state index in [9.17, 15) is 5.11 Å². The van der Waals surface area contributed by atoms with Gasteiger partial charge in [0, 0.05) is 19.1 Å². The van der Waals surface area contributed by atoms with E-state index in [1.54, 1.807) is 13.2 Å². The molecule has 0 unspecified atom stereocenters. The van der Waals surface area contributed by atoms with Crippen LogP contribution in [0.4, 0.5) is 0 Å². The fraction of sp³-hybridized carbons (Fsp3) is 0.519. The standard InChI is InChI=1S/C27H34N2O3/c1-27(2,3)14-21-16-29-9-8-20-11-26(32-17-19-7-5-6-18(10-19)15-28)25(31-4)12-22(20)23(29)13-24(21)30/h5-7,10-12,21,23-24,30H,8-9,13-14,16-17H2,1-4H3/t21-,23-,24-/m1/s1. The van der Waals surface area contributed by atoms with Gasteiger partial charge in [0.15, 0.2) is 11.5 Å². The number of fused-ring (bicyclic) bond motifs is 3. The van der Waals surface area contributed by atoms with Crippen LogP contribution in [0.5, 0.6) is 11.5 Å². The van der Waals surface area contributed by atoms with Gasteiger partial charge in [-0.3, -0.25) is 4.90 Å². The van der Waals surface area contributed by atoms with E-state index < -0.39 is 0 Å². The highest BCUT2D eigenvalue weighted by molar-refractivity contribution is 5.50. The van der Waals surface area contributed by atoms with Crippen LogP contribution in [-0.4, -0.2) is 36.3 Å². The van der Waals surface area contributed by atoms with E-state index in [0.717, 1.165) is 43.7 Å². The first-order valence-electron chi connectivity index (χ1n) is 11.5. The molecule has 5 nitrogen and oxygen atoms in total. The number of ether oxygens (including phenoxy) is 2. The monoisotopic (exact) mass is 434 g/mol.